The van der Waals surface area contributed by atoms with E-state index in [0.717, 1.165) is 16.8 Å². The normalized spacial score (nSPS) is 11.4. The molecule has 1 aromatic carbocycles. The highest BCUT2D eigenvalue weighted by molar-refractivity contribution is 5.97. The average Bonchev–Trinajstić information content (AvgIpc) is 2.70. The second-order valence-corrected chi connectivity index (χ2v) is 6.90. The largest absolute Gasteiger partial charge is 0.480 e. The molecule has 1 aromatic heterocycles. The molecule has 1 unspecified atom stereocenters. The number of carbonyl (C=O) groups is 3. The molecule has 2 N–H and O–H groups in total. The molecule has 1 heterocycles. The third-order valence-electron chi connectivity index (χ3n) is 4.51. The third-order valence-corrected chi connectivity index (χ3v) is 4.51. The maximum atomic E-state index is 13.0. The zero-order valence-electron chi connectivity index (χ0n) is 17.0. The van der Waals surface area contributed by atoms with Crippen molar-refractivity contribution in [3.8, 4) is 11.1 Å². The van der Waals surface area contributed by atoms with Gasteiger partial charge in [0.25, 0.3) is 5.91 Å². The van der Waals surface area contributed by atoms with Gasteiger partial charge in [0.2, 0.25) is 5.91 Å². The predicted molar refractivity (Wildman–Crippen MR) is 111 cm³/mol. The lowest BCUT2D eigenvalue weighted by Crippen LogP contribution is -2.46. The van der Waals surface area contributed by atoms with Crippen LogP contribution >= 0.6 is 0 Å². The Bertz CT molecular complexity index is 881. The number of hydrogen-bond donors (Lipinski definition) is 2. The number of benzene rings is 1. The Morgan fingerprint density at radius 1 is 1.10 bits per heavy atom. The van der Waals surface area contributed by atoms with Gasteiger partial charge in [-0.1, -0.05) is 12.1 Å². The van der Waals surface area contributed by atoms with Crippen molar-refractivity contribution in [2.45, 2.75) is 19.9 Å². The molecule has 0 fully saturated rings. The summed E-state index contributed by atoms with van der Waals surface area (Å²) in [7, 11) is 3.91. The molecule has 0 bridgehead atoms. The molecule has 8 heteroatoms. The molecule has 154 valence electrons. The summed E-state index contributed by atoms with van der Waals surface area (Å²) in [5.41, 5.74) is 2.99. The Morgan fingerprint density at radius 3 is 2.31 bits per heavy atom. The quantitative estimate of drug-likeness (QED) is 0.704. The zero-order valence-corrected chi connectivity index (χ0v) is 17.0. The SMILES string of the molecule is CC(=O)NCCN(C(=O)c1cncc(-c2ccc(N(C)C)cc2)c1)C(C)C(=O)O. The number of nitrogens with one attached hydrogen (secondary N) is 1. The summed E-state index contributed by atoms with van der Waals surface area (Å²) >= 11 is 0. The zero-order chi connectivity index (χ0) is 21.6. The van der Waals surface area contributed by atoms with Gasteiger partial charge in [-0.15, -0.1) is 0 Å². The van der Waals surface area contributed by atoms with Gasteiger partial charge in [0.15, 0.2) is 0 Å². The van der Waals surface area contributed by atoms with Crippen LogP contribution in [0.15, 0.2) is 42.7 Å². The van der Waals surface area contributed by atoms with E-state index < -0.39 is 17.9 Å². The van der Waals surface area contributed by atoms with Crippen LogP contribution < -0.4 is 10.2 Å². The summed E-state index contributed by atoms with van der Waals surface area (Å²) in [6.45, 7) is 3.04. The Morgan fingerprint density at radius 2 is 1.76 bits per heavy atom. The van der Waals surface area contributed by atoms with Crippen LogP contribution in [0.1, 0.15) is 24.2 Å². The van der Waals surface area contributed by atoms with Crippen molar-refractivity contribution < 1.29 is 19.5 Å². The standard InChI is InChI=1S/C21H26N4O4/c1-14(21(28)29)25(10-9-23-15(2)26)20(27)18-11-17(12-22-13-18)16-5-7-19(8-6-16)24(3)4/h5-8,11-14H,9-10H2,1-4H3,(H,23,26)(H,28,29). The molecular formula is C21H26N4O4. The van der Waals surface area contributed by atoms with Crippen molar-refractivity contribution >= 4 is 23.5 Å². The molecule has 8 nitrogen and oxygen atoms in total. The maximum absolute atomic E-state index is 13.0. The van der Waals surface area contributed by atoms with Crippen molar-refractivity contribution in [3.63, 3.8) is 0 Å². The Hall–Kier alpha value is -3.42. The van der Waals surface area contributed by atoms with Crippen LogP contribution in [0.4, 0.5) is 5.69 Å². The van der Waals surface area contributed by atoms with E-state index in [1.807, 2.05) is 43.3 Å². The van der Waals surface area contributed by atoms with Crippen molar-refractivity contribution in [3.05, 3.63) is 48.3 Å². The minimum Gasteiger partial charge on any atom is -0.480 e. The highest BCUT2D eigenvalue weighted by atomic mass is 16.4. The smallest absolute Gasteiger partial charge is 0.326 e. The van der Waals surface area contributed by atoms with E-state index in [2.05, 4.69) is 10.3 Å². The molecule has 2 amide bonds. The molecule has 2 rings (SSSR count). The number of rotatable bonds is 8. The molecule has 0 aliphatic carbocycles. The topological polar surface area (TPSA) is 103 Å². The summed E-state index contributed by atoms with van der Waals surface area (Å²) < 4.78 is 0. The number of nitrogens with zero attached hydrogens (tertiary/aromatic N) is 3. The van der Waals surface area contributed by atoms with E-state index in [9.17, 15) is 19.5 Å². The number of carboxylic acids is 1. The molecule has 1 atom stereocenters. The lowest BCUT2D eigenvalue weighted by Gasteiger charge is -2.26. The Balaban J connectivity index is 2.28. The summed E-state index contributed by atoms with van der Waals surface area (Å²) in [4.78, 5) is 42.9. The third kappa shape index (κ3) is 5.78. The number of carboxylic acid groups (broad SMARTS) is 1. The number of carbonyl (C=O) groups excluding carboxylic acids is 2. The summed E-state index contributed by atoms with van der Waals surface area (Å²) in [6, 6.07) is 8.47. The number of aliphatic carboxylic acids is 1. The fourth-order valence-electron chi connectivity index (χ4n) is 2.79. The molecular weight excluding hydrogens is 372 g/mol. The first-order valence-corrected chi connectivity index (χ1v) is 9.21. The van der Waals surface area contributed by atoms with Gasteiger partial charge in [-0.05, 0) is 30.7 Å². The number of amides is 2. The maximum Gasteiger partial charge on any atom is 0.326 e. The van der Waals surface area contributed by atoms with E-state index in [-0.39, 0.29) is 24.6 Å². The van der Waals surface area contributed by atoms with Crippen LogP contribution in [-0.4, -0.2) is 66.0 Å². The summed E-state index contributed by atoms with van der Waals surface area (Å²) in [6.07, 6.45) is 3.07. The first-order chi connectivity index (χ1) is 13.7. The van der Waals surface area contributed by atoms with E-state index >= 15 is 0 Å². The van der Waals surface area contributed by atoms with E-state index in [1.165, 1.54) is 24.9 Å². The van der Waals surface area contributed by atoms with Gasteiger partial charge in [-0.2, -0.15) is 0 Å². The lowest BCUT2D eigenvalue weighted by atomic mass is 10.0. The van der Waals surface area contributed by atoms with Gasteiger partial charge >= 0.3 is 5.97 Å². The molecule has 0 saturated carbocycles. The first kappa shape index (κ1) is 21.9. The molecule has 0 saturated heterocycles. The van der Waals surface area contributed by atoms with Crippen LogP contribution in [0, 0.1) is 0 Å². The Labute approximate surface area is 170 Å². The number of anilines is 1. The van der Waals surface area contributed by atoms with Crippen LogP contribution in [0.2, 0.25) is 0 Å². The van der Waals surface area contributed by atoms with Crippen LogP contribution in [0.25, 0.3) is 11.1 Å². The van der Waals surface area contributed by atoms with Gasteiger partial charge in [-0.3, -0.25) is 14.6 Å². The first-order valence-electron chi connectivity index (χ1n) is 9.21. The molecule has 0 radical (unpaired) electrons. The van der Waals surface area contributed by atoms with E-state index in [1.54, 1.807) is 12.3 Å². The fourth-order valence-corrected chi connectivity index (χ4v) is 2.79. The molecule has 29 heavy (non-hydrogen) atoms. The minimum atomic E-state index is -1.12. The molecule has 0 aliphatic rings. The van der Waals surface area contributed by atoms with Crippen molar-refractivity contribution in [1.82, 2.24) is 15.2 Å². The second kappa shape index (κ2) is 9.68. The molecule has 0 spiro atoms. The number of aromatic nitrogens is 1. The van der Waals surface area contributed by atoms with E-state index in [4.69, 9.17) is 0 Å². The minimum absolute atomic E-state index is 0.0770. The van der Waals surface area contributed by atoms with Gasteiger partial charge in [0.05, 0.1) is 5.56 Å². The van der Waals surface area contributed by atoms with Gasteiger partial charge in [-0.25, -0.2) is 4.79 Å². The summed E-state index contributed by atoms with van der Waals surface area (Å²) in [5, 5.41) is 11.9. The monoisotopic (exact) mass is 398 g/mol. The van der Waals surface area contributed by atoms with E-state index in [0.29, 0.717) is 0 Å². The fraction of sp³-hybridized carbons (Fsp3) is 0.333. The van der Waals surface area contributed by atoms with Crippen LogP contribution in [-0.2, 0) is 9.59 Å². The highest BCUT2D eigenvalue weighted by Gasteiger charge is 2.26. The molecule has 0 aliphatic heterocycles. The Kier molecular flexibility index (Phi) is 7.30. The summed E-state index contributed by atoms with van der Waals surface area (Å²) in [5.74, 6) is -1.82. The lowest BCUT2D eigenvalue weighted by molar-refractivity contribution is -0.141. The number of hydrogen-bond acceptors (Lipinski definition) is 5. The number of pyridine rings is 1. The van der Waals surface area contributed by atoms with Crippen LogP contribution in [0.5, 0.6) is 0 Å². The highest BCUT2D eigenvalue weighted by Crippen LogP contribution is 2.23. The average molecular weight is 398 g/mol. The second-order valence-electron chi connectivity index (χ2n) is 6.90. The van der Waals surface area contributed by atoms with Crippen molar-refractivity contribution in [2.75, 3.05) is 32.1 Å². The molecule has 2 aromatic rings. The predicted octanol–water partition coefficient (Wildman–Crippen LogP) is 1.87. The van der Waals surface area contributed by atoms with Crippen molar-refractivity contribution in [2.24, 2.45) is 0 Å². The van der Waals surface area contributed by atoms with Gasteiger partial charge in [0, 0.05) is 57.8 Å². The van der Waals surface area contributed by atoms with Crippen LogP contribution in [0.3, 0.4) is 0 Å². The van der Waals surface area contributed by atoms with Gasteiger partial charge < -0.3 is 20.2 Å². The van der Waals surface area contributed by atoms with Crippen molar-refractivity contribution in [1.29, 1.82) is 0 Å². The van der Waals surface area contributed by atoms with Gasteiger partial charge in [0.1, 0.15) is 6.04 Å².